The quantitative estimate of drug-likeness (QED) is 0.603. The predicted molar refractivity (Wildman–Crippen MR) is 103 cm³/mol. The van der Waals surface area contributed by atoms with Crippen LogP contribution in [0.5, 0.6) is 5.75 Å². The first-order chi connectivity index (χ1) is 11.2. The van der Waals surface area contributed by atoms with Crippen LogP contribution in [0.3, 0.4) is 0 Å². The topological polar surface area (TPSA) is 44.6 Å². The normalized spacial score (nSPS) is 13.6. The van der Waals surface area contributed by atoms with Crippen molar-refractivity contribution >= 4 is 11.5 Å². The van der Waals surface area contributed by atoms with Crippen molar-refractivity contribution < 1.29 is 5.11 Å². The lowest BCUT2D eigenvalue weighted by molar-refractivity contribution is 0.475. The van der Waals surface area contributed by atoms with Crippen molar-refractivity contribution in [1.29, 1.82) is 0 Å². The second-order valence-electron chi connectivity index (χ2n) is 7.39. The van der Waals surface area contributed by atoms with Gasteiger partial charge in [0, 0.05) is 11.8 Å². The maximum atomic E-state index is 9.50. The Morgan fingerprint density at radius 2 is 1.79 bits per heavy atom. The van der Waals surface area contributed by atoms with E-state index in [9.17, 15) is 5.11 Å². The van der Waals surface area contributed by atoms with Crippen LogP contribution in [0.4, 0.5) is 5.69 Å². The molecule has 0 bridgehead atoms. The minimum absolute atomic E-state index is 0.185. The van der Waals surface area contributed by atoms with Gasteiger partial charge < -0.3 is 10.4 Å². The molecule has 0 radical (unpaired) electrons. The second-order valence-corrected chi connectivity index (χ2v) is 7.39. The van der Waals surface area contributed by atoms with Crippen LogP contribution >= 0.6 is 0 Å². The van der Waals surface area contributed by atoms with Crippen LogP contribution in [0.25, 0.3) is 0 Å². The van der Waals surface area contributed by atoms with Gasteiger partial charge in [0.1, 0.15) is 5.75 Å². The largest absolute Gasteiger partial charge is 0.508 e. The van der Waals surface area contributed by atoms with Gasteiger partial charge in [-0.25, -0.2) is 0 Å². The van der Waals surface area contributed by atoms with Crippen LogP contribution in [-0.4, -0.2) is 17.0 Å². The first-order valence-electron chi connectivity index (χ1n) is 8.44. The smallest absolute Gasteiger partial charge is 0.117 e. The van der Waals surface area contributed by atoms with Crippen molar-refractivity contribution in [3.8, 4) is 5.75 Å². The molecule has 0 heterocycles. The van der Waals surface area contributed by atoms with Gasteiger partial charge in [-0.2, -0.15) is 0 Å². The molecule has 3 nitrogen and oxygen atoms in total. The lowest BCUT2D eigenvalue weighted by Crippen LogP contribution is -2.14. The first-order valence-corrected chi connectivity index (χ1v) is 8.44. The van der Waals surface area contributed by atoms with Gasteiger partial charge >= 0.3 is 0 Å². The number of amidine groups is 1. The molecule has 0 amide bonds. The number of hydrogen-bond donors (Lipinski definition) is 2. The highest BCUT2D eigenvalue weighted by Gasteiger charge is 2.13. The Balaban J connectivity index is 1.97. The molecule has 2 N–H and O–H groups in total. The fourth-order valence-corrected chi connectivity index (χ4v) is 2.68. The SMILES string of the molecule is CC(=NC(C)Cc1ccc(C(C)(C)C)cc1)Nc1cccc(O)c1. The van der Waals surface area contributed by atoms with Gasteiger partial charge in [-0.05, 0) is 48.9 Å². The summed E-state index contributed by atoms with van der Waals surface area (Å²) >= 11 is 0. The average molecular weight is 324 g/mol. The van der Waals surface area contributed by atoms with Gasteiger partial charge in [0.2, 0.25) is 0 Å². The number of phenolic OH excluding ortho intramolecular Hbond substituents is 1. The van der Waals surface area contributed by atoms with E-state index in [1.54, 1.807) is 12.1 Å². The van der Waals surface area contributed by atoms with Gasteiger partial charge in [0.25, 0.3) is 0 Å². The number of aromatic hydroxyl groups is 1. The van der Waals surface area contributed by atoms with E-state index in [0.717, 1.165) is 17.9 Å². The van der Waals surface area contributed by atoms with E-state index >= 15 is 0 Å². The Bertz CT molecular complexity index is 697. The zero-order valence-electron chi connectivity index (χ0n) is 15.3. The summed E-state index contributed by atoms with van der Waals surface area (Å²) in [6.45, 7) is 10.7. The minimum atomic E-state index is 0.185. The molecule has 24 heavy (non-hydrogen) atoms. The van der Waals surface area contributed by atoms with Crippen LogP contribution < -0.4 is 5.32 Å². The molecule has 0 fully saturated rings. The minimum Gasteiger partial charge on any atom is -0.508 e. The third kappa shape index (κ3) is 5.41. The van der Waals surface area contributed by atoms with E-state index in [2.05, 4.69) is 57.3 Å². The summed E-state index contributed by atoms with van der Waals surface area (Å²) in [5.74, 6) is 1.10. The Kier molecular flexibility index (Phi) is 5.66. The third-order valence-corrected chi connectivity index (χ3v) is 3.94. The summed E-state index contributed by atoms with van der Waals surface area (Å²) in [6, 6.07) is 16.1. The van der Waals surface area contributed by atoms with Crippen LogP contribution in [0, 0.1) is 0 Å². The number of phenols is 1. The molecule has 1 atom stereocenters. The van der Waals surface area contributed by atoms with E-state index in [-0.39, 0.29) is 17.2 Å². The Morgan fingerprint density at radius 3 is 2.38 bits per heavy atom. The zero-order chi connectivity index (χ0) is 17.7. The Morgan fingerprint density at radius 1 is 1.12 bits per heavy atom. The lowest BCUT2D eigenvalue weighted by atomic mass is 9.86. The number of aliphatic imine (C=N–C) groups is 1. The highest BCUT2D eigenvalue weighted by molar-refractivity contribution is 5.93. The molecule has 2 rings (SSSR count). The maximum absolute atomic E-state index is 9.50. The third-order valence-electron chi connectivity index (χ3n) is 3.94. The van der Waals surface area contributed by atoms with Gasteiger partial charge in [-0.3, -0.25) is 4.99 Å². The first kappa shape index (κ1) is 18.1. The van der Waals surface area contributed by atoms with Crippen LogP contribution in [0.15, 0.2) is 53.5 Å². The molecule has 128 valence electrons. The van der Waals surface area contributed by atoms with Gasteiger partial charge in [-0.1, -0.05) is 51.1 Å². The van der Waals surface area contributed by atoms with E-state index < -0.39 is 0 Å². The number of nitrogens with zero attached hydrogens (tertiary/aromatic N) is 1. The summed E-state index contributed by atoms with van der Waals surface area (Å²) in [6.07, 6.45) is 0.906. The number of hydrogen-bond acceptors (Lipinski definition) is 2. The lowest BCUT2D eigenvalue weighted by Gasteiger charge is -2.19. The van der Waals surface area contributed by atoms with Gasteiger partial charge in [0.05, 0.1) is 11.9 Å². The summed E-state index contributed by atoms with van der Waals surface area (Å²) in [5, 5.41) is 12.7. The number of rotatable bonds is 4. The maximum Gasteiger partial charge on any atom is 0.117 e. The average Bonchev–Trinajstić information content (AvgIpc) is 2.46. The highest BCUT2D eigenvalue weighted by atomic mass is 16.3. The van der Waals surface area contributed by atoms with Gasteiger partial charge in [0.15, 0.2) is 0 Å². The molecule has 0 aliphatic carbocycles. The van der Waals surface area contributed by atoms with Crippen LogP contribution in [-0.2, 0) is 11.8 Å². The summed E-state index contributed by atoms with van der Waals surface area (Å²) in [4.78, 5) is 4.69. The predicted octanol–water partition coefficient (Wildman–Crippen LogP) is 5.15. The van der Waals surface area contributed by atoms with Crippen LogP contribution in [0.1, 0.15) is 45.7 Å². The Hall–Kier alpha value is -2.29. The molecular weight excluding hydrogens is 296 g/mol. The van der Waals surface area contributed by atoms with Crippen molar-refractivity contribution in [1.82, 2.24) is 0 Å². The summed E-state index contributed by atoms with van der Waals surface area (Å²) in [5.41, 5.74) is 3.68. The summed E-state index contributed by atoms with van der Waals surface area (Å²) < 4.78 is 0. The fraction of sp³-hybridized carbons (Fsp3) is 0.381. The molecule has 0 saturated heterocycles. The second kappa shape index (κ2) is 7.52. The number of anilines is 1. The van der Waals surface area contributed by atoms with Crippen molar-refractivity contribution in [3.05, 3.63) is 59.7 Å². The Labute approximate surface area is 145 Å². The van der Waals surface area contributed by atoms with Crippen molar-refractivity contribution in [2.75, 3.05) is 5.32 Å². The van der Waals surface area contributed by atoms with Crippen molar-refractivity contribution in [2.45, 2.75) is 52.5 Å². The van der Waals surface area contributed by atoms with E-state index in [4.69, 9.17) is 4.99 Å². The molecule has 0 spiro atoms. The van der Waals surface area contributed by atoms with Crippen molar-refractivity contribution in [3.63, 3.8) is 0 Å². The molecule has 0 aliphatic rings. The molecule has 1 unspecified atom stereocenters. The van der Waals surface area contributed by atoms with E-state index in [1.807, 2.05) is 19.1 Å². The molecule has 0 aliphatic heterocycles. The summed E-state index contributed by atoms with van der Waals surface area (Å²) in [7, 11) is 0. The molecule has 3 heteroatoms. The highest BCUT2D eigenvalue weighted by Crippen LogP contribution is 2.22. The monoisotopic (exact) mass is 324 g/mol. The zero-order valence-corrected chi connectivity index (χ0v) is 15.3. The standard InChI is InChI=1S/C21H28N2O/c1-15(13-17-9-11-18(12-10-17)21(3,4)5)22-16(2)23-19-7-6-8-20(24)14-19/h6-12,14-15,24H,13H2,1-5H3,(H,22,23). The van der Waals surface area contributed by atoms with Crippen molar-refractivity contribution in [2.24, 2.45) is 4.99 Å². The molecule has 2 aromatic carbocycles. The van der Waals surface area contributed by atoms with E-state index in [1.165, 1.54) is 11.1 Å². The molecular formula is C21H28N2O. The number of nitrogens with one attached hydrogen (secondary N) is 1. The van der Waals surface area contributed by atoms with E-state index in [0.29, 0.717) is 0 Å². The number of benzene rings is 2. The fourth-order valence-electron chi connectivity index (χ4n) is 2.68. The van der Waals surface area contributed by atoms with Gasteiger partial charge in [-0.15, -0.1) is 0 Å². The van der Waals surface area contributed by atoms with Crippen LogP contribution in [0.2, 0.25) is 0 Å². The molecule has 0 aromatic heterocycles. The molecule has 2 aromatic rings. The molecule has 0 saturated carbocycles.